The van der Waals surface area contributed by atoms with E-state index in [0.29, 0.717) is 18.5 Å². The molecule has 0 bridgehead atoms. The molecule has 0 heterocycles. The minimum Gasteiger partial charge on any atom is -0.211 e. The van der Waals surface area contributed by atoms with Crippen molar-refractivity contribution in [2.24, 2.45) is 5.92 Å². The van der Waals surface area contributed by atoms with Gasteiger partial charge in [0.05, 0.1) is 4.90 Å². The third-order valence-electron chi connectivity index (χ3n) is 3.49. The van der Waals surface area contributed by atoms with E-state index in [1.807, 2.05) is 0 Å². The van der Waals surface area contributed by atoms with Crippen LogP contribution in [0.15, 0.2) is 23.1 Å². The standard InChI is InChI=1S/C13H17F2NO2S/c14-12-7-6-11(8-13(12)15)19(17,18)16-9-10-4-2-1-3-5-10/h6-8,10,16H,1-5,9H2. The van der Waals surface area contributed by atoms with Crippen LogP contribution in [-0.2, 0) is 10.0 Å². The molecular weight excluding hydrogens is 272 g/mol. The number of sulfonamides is 1. The van der Waals surface area contributed by atoms with E-state index in [2.05, 4.69) is 4.72 Å². The number of hydrogen-bond acceptors (Lipinski definition) is 2. The highest BCUT2D eigenvalue weighted by Gasteiger charge is 2.19. The first-order valence-electron chi connectivity index (χ1n) is 6.44. The summed E-state index contributed by atoms with van der Waals surface area (Å²) in [6.07, 6.45) is 5.47. The lowest BCUT2D eigenvalue weighted by molar-refractivity contribution is 0.357. The Morgan fingerprint density at radius 2 is 1.79 bits per heavy atom. The van der Waals surface area contributed by atoms with Gasteiger partial charge in [0.1, 0.15) is 0 Å². The van der Waals surface area contributed by atoms with Crippen LogP contribution in [0.3, 0.4) is 0 Å². The van der Waals surface area contributed by atoms with Gasteiger partial charge in [0, 0.05) is 6.54 Å². The Labute approximate surface area is 112 Å². The first-order chi connectivity index (χ1) is 8.99. The number of benzene rings is 1. The maximum Gasteiger partial charge on any atom is 0.240 e. The Morgan fingerprint density at radius 1 is 1.11 bits per heavy atom. The molecule has 0 radical (unpaired) electrons. The summed E-state index contributed by atoms with van der Waals surface area (Å²) in [7, 11) is -3.76. The Hall–Kier alpha value is -1.01. The first kappa shape index (κ1) is 14.4. The number of nitrogens with one attached hydrogen (secondary N) is 1. The molecular formula is C13H17F2NO2S. The summed E-state index contributed by atoms with van der Waals surface area (Å²) in [6, 6.07) is 2.60. The van der Waals surface area contributed by atoms with Crippen molar-refractivity contribution in [2.45, 2.75) is 37.0 Å². The molecule has 0 aliphatic heterocycles. The van der Waals surface area contributed by atoms with Crippen LogP contribution in [0.4, 0.5) is 8.78 Å². The van der Waals surface area contributed by atoms with Crippen molar-refractivity contribution in [3.8, 4) is 0 Å². The summed E-state index contributed by atoms with van der Waals surface area (Å²) in [5.41, 5.74) is 0. The molecule has 1 aromatic carbocycles. The SMILES string of the molecule is O=S(=O)(NCC1CCCCC1)c1ccc(F)c(F)c1. The Bertz CT molecular complexity index is 540. The predicted octanol–water partition coefficient (Wildman–Crippen LogP) is 2.82. The fourth-order valence-corrected chi connectivity index (χ4v) is 3.47. The molecule has 3 nitrogen and oxygen atoms in total. The summed E-state index contributed by atoms with van der Waals surface area (Å²) in [5.74, 6) is -1.86. The molecule has 106 valence electrons. The highest BCUT2D eigenvalue weighted by Crippen LogP contribution is 2.23. The van der Waals surface area contributed by atoms with E-state index in [1.54, 1.807) is 0 Å². The normalized spacial score (nSPS) is 17.6. The molecule has 2 rings (SSSR count). The molecule has 19 heavy (non-hydrogen) atoms. The second kappa shape index (κ2) is 5.96. The molecule has 0 spiro atoms. The van der Waals surface area contributed by atoms with Gasteiger partial charge in [-0.3, -0.25) is 0 Å². The molecule has 1 aliphatic carbocycles. The lowest BCUT2D eigenvalue weighted by Crippen LogP contribution is -2.30. The number of rotatable bonds is 4. The van der Waals surface area contributed by atoms with Crippen LogP contribution in [0.1, 0.15) is 32.1 Å². The van der Waals surface area contributed by atoms with Gasteiger partial charge in [-0.05, 0) is 37.0 Å². The van der Waals surface area contributed by atoms with Gasteiger partial charge in [0.15, 0.2) is 11.6 Å². The van der Waals surface area contributed by atoms with Crippen molar-refractivity contribution in [3.63, 3.8) is 0 Å². The minimum absolute atomic E-state index is 0.234. The van der Waals surface area contributed by atoms with Gasteiger partial charge in [-0.2, -0.15) is 0 Å². The third-order valence-corrected chi connectivity index (χ3v) is 4.91. The monoisotopic (exact) mass is 289 g/mol. The average molecular weight is 289 g/mol. The smallest absolute Gasteiger partial charge is 0.211 e. The third kappa shape index (κ3) is 3.73. The van der Waals surface area contributed by atoms with Gasteiger partial charge in [-0.1, -0.05) is 19.3 Å². The summed E-state index contributed by atoms with van der Waals surface area (Å²) in [5, 5.41) is 0. The summed E-state index contributed by atoms with van der Waals surface area (Å²) in [4.78, 5) is -0.234. The zero-order chi connectivity index (χ0) is 13.9. The molecule has 1 aromatic rings. The van der Waals surface area contributed by atoms with E-state index < -0.39 is 21.7 Å². The highest BCUT2D eigenvalue weighted by molar-refractivity contribution is 7.89. The zero-order valence-electron chi connectivity index (χ0n) is 10.5. The van der Waals surface area contributed by atoms with Crippen molar-refractivity contribution in [1.29, 1.82) is 0 Å². The zero-order valence-corrected chi connectivity index (χ0v) is 11.3. The maximum atomic E-state index is 13.0. The Morgan fingerprint density at radius 3 is 2.42 bits per heavy atom. The lowest BCUT2D eigenvalue weighted by Gasteiger charge is -2.21. The Kier molecular flexibility index (Phi) is 4.52. The molecule has 0 amide bonds. The van der Waals surface area contributed by atoms with Crippen LogP contribution < -0.4 is 4.72 Å². The summed E-state index contributed by atoms with van der Waals surface area (Å²) >= 11 is 0. The van der Waals surface area contributed by atoms with Crippen molar-refractivity contribution in [2.75, 3.05) is 6.54 Å². The molecule has 1 saturated carbocycles. The molecule has 6 heteroatoms. The number of hydrogen-bond donors (Lipinski definition) is 1. The quantitative estimate of drug-likeness (QED) is 0.926. The number of halogens is 2. The van der Waals surface area contributed by atoms with E-state index in [4.69, 9.17) is 0 Å². The lowest BCUT2D eigenvalue weighted by atomic mass is 9.90. The maximum absolute atomic E-state index is 13.0. The van der Waals surface area contributed by atoms with Crippen LogP contribution in [0.5, 0.6) is 0 Å². The van der Waals surface area contributed by atoms with Gasteiger partial charge in [-0.25, -0.2) is 21.9 Å². The van der Waals surface area contributed by atoms with E-state index >= 15 is 0 Å². The van der Waals surface area contributed by atoms with Crippen LogP contribution in [0, 0.1) is 17.6 Å². The van der Waals surface area contributed by atoms with Crippen molar-refractivity contribution >= 4 is 10.0 Å². The molecule has 1 N–H and O–H groups in total. The predicted molar refractivity (Wildman–Crippen MR) is 68.1 cm³/mol. The second-order valence-electron chi connectivity index (χ2n) is 4.93. The van der Waals surface area contributed by atoms with Gasteiger partial charge >= 0.3 is 0 Å². The molecule has 1 aliphatic rings. The molecule has 0 saturated heterocycles. The second-order valence-corrected chi connectivity index (χ2v) is 6.70. The fraction of sp³-hybridized carbons (Fsp3) is 0.538. The van der Waals surface area contributed by atoms with Crippen molar-refractivity contribution in [3.05, 3.63) is 29.8 Å². The summed E-state index contributed by atoms with van der Waals surface area (Å²) < 4.78 is 52.2. The largest absolute Gasteiger partial charge is 0.240 e. The molecule has 0 aromatic heterocycles. The molecule has 1 fully saturated rings. The van der Waals surface area contributed by atoms with E-state index in [1.165, 1.54) is 6.42 Å². The van der Waals surface area contributed by atoms with Crippen LogP contribution >= 0.6 is 0 Å². The topological polar surface area (TPSA) is 46.2 Å². The van der Waals surface area contributed by atoms with E-state index in [-0.39, 0.29) is 4.90 Å². The van der Waals surface area contributed by atoms with E-state index in [9.17, 15) is 17.2 Å². The summed E-state index contributed by atoms with van der Waals surface area (Å²) in [6.45, 7) is 0.362. The van der Waals surface area contributed by atoms with Gasteiger partial charge in [0.25, 0.3) is 0 Å². The highest BCUT2D eigenvalue weighted by atomic mass is 32.2. The average Bonchev–Trinajstić information content (AvgIpc) is 2.41. The van der Waals surface area contributed by atoms with Gasteiger partial charge < -0.3 is 0 Å². The van der Waals surface area contributed by atoms with E-state index in [0.717, 1.165) is 37.8 Å². The van der Waals surface area contributed by atoms with Crippen LogP contribution in [0.2, 0.25) is 0 Å². The van der Waals surface area contributed by atoms with Gasteiger partial charge in [0.2, 0.25) is 10.0 Å². The van der Waals surface area contributed by atoms with Crippen LogP contribution in [-0.4, -0.2) is 15.0 Å². The minimum atomic E-state index is -3.76. The Balaban J connectivity index is 2.02. The van der Waals surface area contributed by atoms with Crippen molar-refractivity contribution < 1.29 is 17.2 Å². The van der Waals surface area contributed by atoms with Crippen molar-refractivity contribution in [1.82, 2.24) is 4.72 Å². The fourth-order valence-electron chi connectivity index (χ4n) is 2.35. The van der Waals surface area contributed by atoms with Crippen LogP contribution in [0.25, 0.3) is 0 Å². The molecule has 0 atom stereocenters. The van der Waals surface area contributed by atoms with Gasteiger partial charge in [-0.15, -0.1) is 0 Å². The molecule has 0 unspecified atom stereocenters. The first-order valence-corrected chi connectivity index (χ1v) is 7.92.